The number of nitrogens with zero attached hydrogens (tertiary/aromatic N) is 1. The molecule has 0 spiro atoms. The van der Waals surface area contributed by atoms with Gasteiger partial charge in [0.1, 0.15) is 12.1 Å². The minimum atomic E-state index is -1.07. The highest BCUT2D eigenvalue weighted by Gasteiger charge is 2.37. The number of carbonyl (C=O) groups is 2. The molecule has 2 atom stereocenters. The zero-order valence-corrected chi connectivity index (χ0v) is 6.73. The van der Waals surface area contributed by atoms with Crippen molar-refractivity contribution in [3.8, 4) is 0 Å². The van der Waals surface area contributed by atoms with Crippen LogP contribution in [0.5, 0.6) is 0 Å². The Labute approximate surface area is 70.1 Å². The van der Waals surface area contributed by atoms with Gasteiger partial charge in [-0.15, -0.1) is 0 Å². The molecular weight excluding hydrogens is 160 g/mol. The first-order chi connectivity index (χ1) is 5.54. The van der Waals surface area contributed by atoms with E-state index < -0.39 is 24.0 Å². The molecule has 2 amide bonds. The SMILES string of the molecule is C[C@H](O)C(=O)N1C[CH]C1C(N)=O. The molecule has 1 unspecified atom stereocenters. The summed E-state index contributed by atoms with van der Waals surface area (Å²) >= 11 is 0. The summed E-state index contributed by atoms with van der Waals surface area (Å²) in [4.78, 5) is 23.0. The minimum absolute atomic E-state index is 0.386. The molecule has 12 heavy (non-hydrogen) atoms. The second-order valence-corrected chi connectivity index (χ2v) is 2.75. The second kappa shape index (κ2) is 3.10. The fraction of sp³-hybridized carbons (Fsp3) is 0.571. The Morgan fingerprint density at radius 3 is 2.58 bits per heavy atom. The summed E-state index contributed by atoms with van der Waals surface area (Å²) in [5.41, 5.74) is 4.98. The standard InChI is InChI=1S/C7H11N2O3/c1-4(10)7(12)9-3-2-5(9)6(8)11/h2,4-5,10H,3H2,1H3,(H2,8,11)/t4-,5?/m0/s1. The van der Waals surface area contributed by atoms with Crippen LogP contribution in [-0.4, -0.2) is 40.5 Å². The Bertz CT molecular complexity index is 215. The molecule has 0 saturated carbocycles. The van der Waals surface area contributed by atoms with Gasteiger partial charge in [0.2, 0.25) is 5.91 Å². The van der Waals surface area contributed by atoms with Gasteiger partial charge in [-0.3, -0.25) is 9.59 Å². The van der Waals surface area contributed by atoms with Gasteiger partial charge in [0, 0.05) is 13.0 Å². The highest BCUT2D eigenvalue weighted by atomic mass is 16.3. The first-order valence-corrected chi connectivity index (χ1v) is 3.65. The molecule has 0 aromatic rings. The van der Waals surface area contributed by atoms with E-state index in [4.69, 9.17) is 10.8 Å². The maximum absolute atomic E-state index is 11.1. The zero-order chi connectivity index (χ0) is 9.30. The zero-order valence-electron chi connectivity index (χ0n) is 6.73. The van der Waals surface area contributed by atoms with Gasteiger partial charge in [-0.1, -0.05) is 0 Å². The van der Waals surface area contributed by atoms with Crippen molar-refractivity contribution in [3.05, 3.63) is 6.42 Å². The van der Waals surface area contributed by atoms with E-state index in [1.807, 2.05) is 0 Å². The summed E-state index contributed by atoms with van der Waals surface area (Å²) in [5, 5.41) is 8.90. The molecule has 1 radical (unpaired) electrons. The second-order valence-electron chi connectivity index (χ2n) is 2.75. The molecule has 5 heteroatoms. The third-order valence-corrected chi connectivity index (χ3v) is 1.79. The average Bonchev–Trinajstić information content (AvgIpc) is 1.82. The number of nitrogens with two attached hydrogens (primary N) is 1. The van der Waals surface area contributed by atoms with Crippen LogP contribution in [0.25, 0.3) is 0 Å². The molecule has 3 N–H and O–H groups in total. The highest BCUT2D eigenvalue weighted by Crippen LogP contribution is 2.16. The molecular formula is C7H11N2O3. The minimum Gasteiger partial charge on any atom is -0.384 e. The lowest BCUT2D eigenvalue weighted by molar-refractivity contribution is -0.148. The van der Waals surface area contributed by atoms with E-state index in [0.717, 1.165) is 0 Å². The maximum Gasteiger partial charge on any atom is 0.251 e. The number of hydrogen-bond acceptors (Lipinski definition) is 3. The van der Waals surface area contributed by atoms with Gasteiger partial charge < -0.3 is 15.7 Å². The van der Waals surface area contributed by atoms with Gasteiger partial charge in [-0.25, -0.2) is 0 Å². The monoisotopic (exact) mass is 171 g/mol. The predicted octanol–water partition coefficient (Wildman–Crippen LogP) is -1.73. The van der Waals surface area contributed by atoms with Crippen LogP contribution in [0.2, 0.25) is 0 Å². The lowest BCUT2D eigenvalue weighted by atomic mass is 10.0. The maximum atomic E-state index is 11.1. The van der Waals surface area contributed by atoms with Crippen molar-refractivity contribution in [1.82, 2.24) is 4.90 Å². The van der Waals surface area contributed by atoms with E-state index in [2.05, 4.69) is 0 Å². The number of likely N-dealkylation sites (tertiary alicyclic amines) is 1. The topological polar surface area (TPSA) is 83.6 Å². The Kier molecular flexibility index (Phi) is 2.32. The number of rotatable bonds is 2. The van der Waals surface area contributed by atoms with Crippen LogP contribution in [0.1, 0.15) is 6.92 Å². The van der Waals surface area contributed by atoms with Crippen molar-refractivity contribution in [2.45, 2.75) is 19.1 Å². The smallest absolute Gasteiger partial charge is 0.251 e. The Morgan fingerprint density at radius 1 is 1.75 bits per heavy atom. The number of primary amides is 1. The van der Waals surface area contributed by atoms with Gasteiger partial charge in [-0.05, 0) is 6.92 Å². The molecule has 0 bridgehead atoms. The van der Waals surface area contributed by atoms with Crippen LogP contribution < -0.4 is 5.73 Å². The molecule has 1 aliphatic heterocycles. The van der Waals surface area contributed by atoms with Crippen LogP contribution in [0.3, 0.4) is 0 Å². The van der Waals surface area contributed by atoms with Gasteiger partial charge >= 0.3 is 0 Å². The summed E-state index contributed by atoms with van der Waals surface area (Å²) < 4.78 is 0. The molecule has 1 aliphatic rings. The summed E-state index contributed by atoms with van der Waals surface area (Å²) in [7, 11) is 0. The third kappa shape index (κ3) is 1.40. The van der Waals surface area contributed by atoms with E-state index in [1.165, 1.54) is 11.8 Å². The third-order valence-electron chi connectivity index (χ3n) is 1.79. The van der Waals surface area contributed by atoms with Crippen molar-refractivity contribution < 1.29 is 14.7 Å². The fourth-order valence-corrected chi connectivity index (χ4v) is 1.05. The normalized spacial score (nSPS) is 24.5. The van der Waals surface area contributed by atoms with Crippen molar-refractivity contribution in [2.24, 2.45) is 5.73 Å². The number of aliphatic hydroxyl groups is 1. The van der Waals surface area contributed by atoms with Crippen LogP contribution in [0.15, 0.2) is 0 Å². The lowest BCUT2D eigenvalue weighted by Crippen LogP contribution is -2.59. The highest BCUT2D eigenvalue weighted by molar-refractivity contribution is 5.91. The van der Waals surface area contributed by atoms with E-state index in [-0.39, 0.29) is 0 Å². The molecule has 0 aromatic carbocycles. The summed E-state index contributed by atoms with van der Waals surface area (Å²) in [6.07, 6.45) is 0.559. The molecule has 1 saturated heterocycles. The molecule has 0 aliphatic carbocycles. The number of carbonyl (C=O) groups excluding carboxylic acids is 2. The number of amides is 2. The number of aliphatic hydroxyl groups excluding tert-OH is 1. The summed E-state index contributed by atoms with van der Waals surface area (Å²) in [6.45, 7) is 1.75. The first-order valence-electron chi connectivity index (χ1n) is 3.65. The Balaban J connectivity index is 2.55. The van der Waals surface area contributed by atoms with Crippen molar-refractivity contribution in [2.75, 3.05) is 6.54 Å². The van der Waals surface area contributed by atoms with Gasteiger partial charge in [0.25, 0.3) is 5.91 Å². The summed E-state index contributed by atoms with van der Waals surface area (Å²) in [6, 6.07) is -0.632. The molecule has 1 rings (SSSR count). The predicted molar refractivity (Wildman–Crippen MR) is 40.7 cm³/mol. The average molecular weight is 171 g/mol. The van der Waals surface area contributed by atoms with E-state index in [9.17, 15) is 9.59 Å². The fourth-order valence-electron chi connectivity index (χ4n) is 1.05. The van der Waals surface area contributed by atoms with E-state index in [1.54, 1.807) is 6.42 Å². The van der Waals surface area contributed by atoms with Gasteiger partial charge in [0.15, 0.2) is 0 Å². The molecule has 1 fully saturated rings. The Hall–Kier alpha value is -1.10. The van der Waals surface area contributed by atoms with Crippen LogP contribution in [0.4, 0.5) is 0 Å². The first kappa shape index (κ1) is 8.99. The molecule has 5 nitrogen and oxygen atoms in total. The molecule has 1 heterocycles. The lowest BCUT2D eigenvalue weighted by Gasteiger charge is -2.38. The summed E-state index contributed by atoms with van der Waals surface area (Å²) in [5.74, 6) is -1.02. The van der Waals surface area contributed by atoms with Crippen LogP contribution in [0, 0.1) is 6.42 Å². The number of hydrogen-bond donors (Lipinski definition) is 2. The van der Waals surface area contributed by atoms with Crippen LogP contribution >= 0.6 is 0 Å². The molecule has 67 valence electrons. The van der Waals surface area contributed by atoms with Gasteiger partial charge in [0.05, 0.1) is 0 Å². The van der Waals surface area contributed by atoms with Gasteiger partial charge in [-0.2, -0.15) is 0 Å². The quantitative estimate of drug-likeness (QED) is 0.517. The van der Waals surface area contributed by atoms with Crippen LogP contribution in [-0.2, 0) is 9.59 Å². The van der Waals surface area contributed by atoms with E-state index >= 15 is 0 Å². The molecule has 0 aromatic heterocycles. The van der Waals surface area contributed by atoms with Crippen molar-refractivity contribution in [1.29, 1.82) is 0 Å². The largest absolute Gasteiger partial charge is 0.384 e. The van der Waals surface area contributed by atoms with Crippen molar-refractivity contribution in [3.63, 3.8) is 0 Å². The van der Waals surface area contributed by atoms with Crippen molar-refractivity contribution >= 4 is 11.8 Å². The Morgan fingerprint density at radius 2 is 2.33 bits per heavy atom. The van der Waals surface area contributed by atoms with E-state index in [0.29, 0.717) is 6.54 Å².